The van der Waals surface area contributed by atoms with Gasteiger partial charge in [0.2, 0.25) is 5.78 Å². The number of nitro benzene ring substituents is 1. The quantitative estimate of drug-likeness (QED) is 0.179. The monoisotopic (exact) mass is 567 g/mol. The lowest BCUT2D eigenvalue weighted by Crippen LogP contribution is -2.71. The zero-order valence-corrected chi connectivity index (χ0v) is 17.4. The molecule has 0 heterocycles. The zero-order valence-electron chi connectivity index (χ0n) is 17.4. The highest BCUT2D eigenvalue weighted by Crippen LogP contribution is 2.60. The van der Waals surface area contributed by atoms with E-state index in [1.165, 1.54) is 0 Å². The summed E-state index contributed by atoms with van der Waals surface area (Å²) in [5.74, 6) is -43.6. The van der Waals surface area contributed by atoms with Crippen molar-refractivity contribution in [1.29, 1.82) is 0 Å². The Bertz CT molecular complexity index is 1080. The fourth-order valence-corrected chi connectivity index (χ4v) is 2.21. The van der Waals surface area contributed by atoms with E-state index < -0.39 is 69.9 Å². The highest BCUT2D eigenvalue weighted by molar-refractivity contribution is 5.97. The fourth-order valence-electron chi connectivity index (χ4n) is 2.21. The zero-order chi connectivity index (χ0) is 29.4. The summed E-state index contributed by atoms with van der Waals surface area (Å²) in [6, 6.07) is 3.41. The molecule has 0 aliphatic heterocycles. The van der Waals surface area contributed by atoms with Crippen LogP contribution in [0.5, 0.6) is 0 Å². The van der Waals surface area contributed by atoms with Crippen LogP contribution in [-0.4, -0.2) is 52.4 Å². The van der Waals surface area contributed by atoms with Crippen LogP contribution in [0.4, 0.5) is 62.8 Å². The summed E-state index contributed by atoms with van der Waals surface area (Å²) < 4.78 is 170. The minimum Gasteiger partial charge on any atom is -0.303 e. The molecule has 1 rings (SSSR count). The van der Waals surface area contributed by atoms with E-state index in [0.717, 1.165) is 24.3 Å². The van der Waals surface area contributed by atoms with Crippen molar-refractivity contribution in [2.75, 3.05) is 0 Å². The molecule has 0 aliphatic rings. The maximum atomic E-state index is 13.8. The lowest BCUT2D eigenvalue weighted by atomic mass is 9.92. The molecule has 0 saturated carbocycles. The number of nitrogens with zero attached hydrogens (tertiary/aromatic N) is 1. The summed E-state index contributed by atoms with van der Waals surface area (Å²) in [5, 5.41) is 10.5. The van der Waals surface area contributed by atoms with E-state index in [-0.39, 0.29) is 5.56 Å². The third kappa shape index (κ3) is 5.41. The largest absolute Gasteiger partial charge is 0.460 e. The lowest BCUT2D eigenvalue weighted by molar-refractivity contribution is -0.435. The van der Waals surface area contributed by atoms with Crippen LogP contribution >= 0.6 is 0 Å². The number of hydrogen-bond acceptors (Lipinski definition) is 5. The Labute approximate surface area is 195 Å². The minimum atomic E-state index is -8.15. The molecule has 1 aromatic rings. The normalized spacial score (nSPS) is 14.3. The Morgan fingerprint density at radius 3 is 1.59 bits per heavy atom. The summed E-state index contributed by atoms with van der Waals surface area (Å²) in [5.41, 5.74) is 1.35. The first-order chi connectivity index (χ1) is 16.4. The van der Waals surface area contributed by atoms with Gasteiger partial charge in [-0.3, -0.25) is 25.1 Å². The number of hydrogen-bond donors (Lipinski definition) is 2. The number of alkyl halides is 13. The van der Waals surface area contributed by atoms with Crippen molar-refractivity contribution in [3.05, 3.63) is 51.7 Å². The number of non-ortho nitro benzene ring substituents is 1. The van der Waals surface area contributed by atoms with Crippen molar-refractivity contribution in [2.24, 2.45) is 0 Å². The molecule has 0 fully saturated rings. The van der Waals surface area contributed by atoms with Crippen LogP contribution in [0.1, 0.15) is 17.3 Å². The smallest absolute Gasteiger partial charge is 0.303 e. The van der Waals surface area contributed by atoms with Crippen LogP contribution in [0.25, 0.3) is 0 Å². The molecule has 0 unspecified atom stereocenters. The van der Waals surface area contributed by atoms with Gasteiger partial charge in [-0.05, 0) is 19.1 Å². The molecule has 2 N–H and O–H groups in total. The number of rotatable bonds is 10. The SMILES string of the molecule is C/C(=C\C(=O)C(F)(F)C(F)(F)C(F)(F)C(F)(F)C(F)(F)C(F)(F)F)NNC(=O)c1ccc([N+](=O)[O-])cc1. The molecule has 208 valence electrons. The van der Waals surface area contributed by atoms with E-state index in [9.17, 15) is 76.8 Å². The van der Waals surface area contributed by atoms with Crippen LogP contribution in [0, 0.1) is 10.1 Å². The Morgan fingerprint density at radius 2 is 1.19 bits per heavy atom. The average molecular weight is 567 g/mol. The third-order valence-corrected chi connectivity index (χ3v) is 4.30. The Balaban J connectivity index is 3.15. The summed E-state index contributed by atoms with van der Waals surface area (Å²) in [7, 11) is 0. The van der Waals surface area contributed by atoms with Gasteiger partial charge in [-0.2, -0.15) is 57.1 Å². The molecule has 0 spiro atoms. The number of carbonyl (C=O) groups is 2. The van der Waals surface area contributed by atoms with Gasteiger partial charge in [-0.1, -0.05) is 0 Å². The summed E-state index contributed by atoms with van der Waals surface area (Å²) in [6.45, 7) is 0.535. The van der Waals surface area contributed by atoms with Crippen molar-refractivity contribution in [3.63, 3.8) is 0 Å². The van der Waals surface area contributed by atoms with Gasteiger partial charge >= 0.3 is 35.8 Å². The van der Waals surface area contributed by atoms with Crippen LogP contribution < -0.4 is 10.9 Å². The highest BCUT2D eigenvalue weighted by atomic mass is 19.4. The second kappa shape index (κ2) is 9.69. The lowest BCUT2D eigenvalue weighted by Gasteiger charge is -2.39. The molecule has 0 radical (unpaired) electrons. The number of ketones is 1. The number of allylic oxidation sites excluding steroid dienone is 2. The third-order valence-electron chi connectivity index (χ3n) is 4.30. The van der Waals surface area contributed by atoms with Crippen molar-refractivity contribution in [3.8, 4) is 0 Å². The second-order valence-corrected chi connectivity index (χ2v) is 6.94. The molecule has 0 bridgehead atoms. The van der Waals surface area contributed by atoms with Crippen LogP contribution in [0.3, 0.4) is 0 Å². The number of carbonyl (C=O) groups excluding carboxylic acids is 2. The molecule has 0 aromatic heterocycles. The number of amides is 1. The van der Waals surface area contributed by atoms with E-state index in [1.807, 2.05) is 0 Å². The van der Waals surface area contributed by atoms with Gasteiger partial charge in [0.25, 0.3) is 11.6 Å². The first-order valence-corrected chi connectivity index (χ1v) is 8.85. The average Bonchev–Trinajstić information content (AvgIpc) is 2.76. The first-order valence-electron chi connectivity index (χ1n) is 8.85. The molecule has 7 nitrogen and oxygen atoms in total. The van der Waals surface area contributed by atoms with E-state index in [1.54, 1.807) is 10.9 Å². The molecule has 1 aromatic carbocycles. The van der Waals surface area contributed by atoms with Crippen LogP contribution in [0.15, 0.2) is 36.0 Å². The summed E-state index contributed by atoms with van der Waals surface area (Å²) in [6.07, 6.45) is -8.27. The Morgan fingerprint density at radius 1 is 0.757 bits per heavy atom. The van der Waals surface area contributed by atoms with Gasteiger partial charge in [0.1, 0.15) is 0 Å². The maximum Gasteiger partial charge on any atom is 0.460 e. The number of nitro groups is 1. The predicted molar refractivity (Wildman–Crippen MR) is 93.3 cm³/mol. The fraction of sp³-hybridized carbons (Fsp3) is 0.412. The van der Waals surface area contributed by atoms with Gasteiger partial charge in [-0.15, -0.1) is 0 Å². The van der Waals surface area contributed by atoms with Crippen molar-refractivity contribution < 1.29 is 71.6 Å². The molecular weight excluding hydrogens is 557 g/mol. The topological polar surface area (TPSA) is 101 Å². The van der Waals surface area contributed by atoms with E-state index in [2.05, 4.69) is 0 Å². The number of benzene rings is 1. The molecule has 1 amide bonds. The number of nitrogens with one attached hydrogen (secondary N) is 2. The first kappa shape index (κ1) is 31.4. The summed E-state index contributed by atoms with van der Waals surface area (Å²) in [4.78, 5) is 32.9. The standard InChI is InChI=1S/C17H10F13N3O4/c1-7(31-32-11(35)8-2-4-9(5-3-8)33(36)37)6-10(34)12(18,19)13(20,21)14(22,23)15(24,25)16(26,27)17(28,29)30/h2-6,31H,1H3,(H,32,35)/b7-6+. The number of hydrazine groups is 1. The Kier molecular flexibility index (Phi) is 8.23. The van der Waals surface area contributed by atoms with Gasteiger partial charge in [0, 0.05) is 29.5 Å². The molecule has 20 heteroatoms. The minimum absolute atomic E-state index is 0.346. The summed E-state index contributed by atoms with van der Waals surface area (Å²) >= 11 is 0. The van der Waals surface area contributed by atoms with Crippen molar-refractivity contribution in [2.45, 2.75) is 42.7 Å². The van der Waals surface area contributed by atoms with E-state index in [0.29, 0.717) is 6.92 Å². The predicted octanol–water partition coefficient (Wildman–Crippen LogP) is 5.04. The van der Waals surface area contributed by atoms with Gasteiger partial charge < -0.3 is 5.43 Å². The van der Waals surface area contributed by atoms with Crippen LogP contribution in [-0.2, 0) is 4.79 Å². The van der Waals surface area contributed by atoms with Crippen molar-refractivity contribution >= 4 is 17.4 Å². The van der Waals surface area contributed by atoms with E-state index >= 15 is 0 Å². The van der Waals surface area contributed by atoms with E-state index in [4.69, 9.17) is 0 Å². The molecule has 0 aliphatic carbocycles. The molecular formula is C17H10F13N3O4. The van der Waals surface area contributed by atoms with Crippen molar-refractivity contribution in [1.82, 2.24) is 10.9 Å². The second-order valence-electron chi connectivity index (χ2n) is 6.94. The van der Waals surface area contributed by atoms with Crippen LogP contribution in [0.2, 0.25) is 0 Å². The number of halogens is 13. The van der Waals surface area contributed by atoms with Gasteiger partial charge in [0.05, 0.1) is 4.92 Å². The molecule has 0 saturated heterocycles. The van der Waals surface area contributed by atoms with Gasteiger partial charge in [0.15, 0.2) is 0 Å². The molecule has 37 heavy (non-hydrogen) atoms. The highest BCUT2D eigenvalue weighted by Gasteiger charge is 2.91. The molecule has 0 atom stereocenters. The Hall–Kier alpha value is -3.61. The maximum absolute atomic E-state index is 13.8. The van der Waals surface area contributed by atoms with Gasteiger partial charge in [-0.25, -0.2) is 0 Å².